The zero-order valence-corrected chi connectivity index (χ0v) is 12.1. The molecule has 0 unspecified atom stereocenters. The molecule has 0 spiro atoms. The third-order valence-corrected chi connectivity index (χ3v) is 3.26. The van der Waals surface area contributed by atoms with Crippen LogP contribution in [0.5, 0.6) is 11.5 Å². The summed E-state index contributed by atoms with van der Waals surface area (Å²) in [6.45, 7) is 2.07. The van der Waals surface area contributed by atoms with Crippen LogP contribution in [0.1, 0.15) is 18.1 Å². The van der Waals surface area contributed by atoms with Crippen molar-refractivity contribution in [3.05, 3.63) is 52.0 Å². The van der Waals surface area contributed by atoms with Crippen molar-refractivity contribution in [3.8, 4) is 17.6 Å². The second-order valence-corrected chi connectivity index (χ2v) is 5.00. The molecule has 0 aliphatic heterocycles. The first-order valence-corrected chi connectivity index (χ1v) is 6.69. The van der Waals surface area contributed by atoms with Gasteiger partial charge in [-0.15, -0.1) is 0 Å². The smallest absolute Gasteiger partial charge is 0.150 e. The topological polar surface area (TPSA) is 59.0 Å². The Kier molecular flexibility index (Phi) is 4.08. The molecule has 0 atom stereocenters. The molecule has 0 saturated carbocycles. The molecule has 0 saturated heterocycles. The third kappa shape index (κ3) is 3.07. The van der Waals surface area contributed by atoms with E-state index in [1.54, 1.807) is 18.2 Å². The Morgan fingerprint density at radius 2 is 2.00 bits per heavy atom. The van der Waals surface area contributed by atoms with E-state index in [-0.39, 0.29) is 0 Å². The predicted molar refractivity (Wildman–Crippen MR) is 79.2 cm³/mol. The number of halogens is 1. The Hall–Kier alpha value is -1.99. The fourth-order valence-corrected chi connectivity index (χ4v) is 2.04. The molecular formula is C15H13BrN2O. The highest BCUT2D eigenvalue weighted by Gasteiger charge is 2.08. The summed E-state index contributed by atoms with van der Waals surface area (Å²) in [5.74, 6) is 1.06. The lowest BCUT2D eigenvalue weighted by Gasteiger charge is -2.11. The van der Waals surface area contributed by atoms with Gasteiger partial charge < -0.3 is 10.5 Å². The maximum atomic E-state index is 9.06. The Morgan fingerprint density at radius 3 is 2.63 bits per heavy atom. The summed E-state index contributed by atoms with van der Waals surface area (Å²) >= 11 is 3.36. The standard InChI is InChI=1S/C15H13BrN2O/c1-2-10-3-6-14(13(18)7-10)19-15-8-12(16)5-4-11(15)9-17/h3-8H,2,18H2,1H3. The van der Waals surface area contributed by atoms with Crippen LogP contribution < -0.4 is 10.5 Å². The average Bonchev–Trinajstić information content (AvgIpc) is 2.41. The molecule has 3 nitrogen and oxygen atoms in total. The van der Waals surface area contributed by atoms with Gasteiger partial charge in [0.25, 0.3) is 0 Å². The normalized spacial score (nSPS) is 9.95. The largest absolute Gasteiger partial charge is 0.454 e. The van der Waals surface area contributed by atoms with Crippen LogP contribution in [0, 0.1) is 11.3 Å². The minimum atomic E-state index is 0.474. The van der Waals surface area contributed by atoms with Crippen LogP contribution >= 0.6 is 15.9 Å². The third-order valence-electron chi connectivity index (χ3n) is 2.77. The number of nitrogens with zero attached hydrogens (tertiary/aromatic N) is 1. The van der Waals surface area contributed by atoms with Gasteiger partial charge in [-0.1, -0.05) is 28.9 Å². The fourth-order valence-electron chi connectivity index (χ4n) is 1.70. The van der Waals surface area contributed by atoms with Crippen LogP contribution in [-0.4, -0.2) is 0 Å². The van der Waals surface area contributed by atoms with Crippen LogP contribution in [0.4, 0.5) is 5.69 Å². The van der Waals surface area contributed by atoms with Gasteiger partial charge in [0.1, 0.15) is 17.6 Å². The molecule has 96 valence electrons. The number of hydrogen-bond donors (Lipinski definition) is 1. The molecule has 0 aliphatic rings. The highest BCUT2D eigenvalue weighted by molar-refractivity contribution is 9.10. The van der Waals surface area contributed by atoms with Crippen LogP contribution in [0.2, 0.25) is 0 Å². The van der Waals surface area contributed by atoms with Crippen molar-refractivity contribution < 1.29 is 4.74 Å². The van der Waals surface area contributed by atoms with E-state index in [9.17, 15) is 0 Å². The van der Waals surface area contributed by atoms with E-state index in [4.69, 9.17) is 15.7 Å². The van der Waals surface area contributed by atoms with E-state index in [2.05, 4.69) is 28.9 Å². The number of hydrogen-bond acceptors (Lipinski definition) is 3. The first-order chi connectivity index (χ1) is 9.13. The van der Waals surface area contributed by atoms with Gasteiger partial charge in [0.05, 0.1) is 11.3 Å². The van der Waals surface area contributed by atoms with Crippen molar-refractivity contribution in [3.63, 3.8) is 0 Å². The van der Waals surface area contributed by atoms with Gasteiger partial charge in [-0.2, -0.15) is 5.26 Å². The molecule has 0 fully saturated rings. The summed E-state index contributed by atoms with van der Waals surface area (Å²) in [6, 6.07) is 13.0. The maximum absolute atomic E-state index is 9.06. The number of ether oxygens (including phenoxy) is 1. The second kappa shape index (κ2) is 5.77. The number of anilines is 1. The van der Waals surface area contributed by atoms with E-state index in [1.165, 1.54) is 0 Å². The van der Waals surface area contributed by atoms with Crippen LogP contribution in [0.25, 0.3) is 0 Å². The Labute approximate surface area is 120 Å². The van der Waals surface area contributed by atoms with Gasteiger partial charge in [-0.05, 0) is 42.3 Å². The minimum absolute atomic E-state index is 0.474. The molecule has 0 amide bonds. The number of nitrogens with two attached hydrogens (primary N) is 1. The molecule has 0 heterocycles. The molecule has 0 bridgehead atoms. The van der Waals surface area contributed by atoms with E-state index >= 15 is 0 Å². The van der Waals surface area contributed by atoms with Crippen LogP contribution in [-0.2, 0) is 6.42 Å². The molecule has 2 N–H and O–H groups in total. The Morgan fingerprint density at radius 1 is 1.21 bits per heavy atom. The van der Waals surface area contributed by atoms with Gasteiger partial charge >= 0.3 is 0 Å². The zero-order chi connectivity index (χ0) is 13.8. The van der Waals surface area contributed by atoms with Gasteiger partial charge in [-0.3, -0.25) is 0 Å². The van der Waals surface area contributed by atoms with Gasteiger partial charge in [0.2, 0.25) is 0 Å². The van der Waals surface area contributed by atoms with Gasteiger partial charge in [0.15, 0.2) is 0 Å². The summed E-state index contributed by atoms with van der Waals surface area (Å²) in [4.78, 5) is 0. The molecule has 4 heteroatoms. The average molecular weight is 317 g/mol. The number of nitriles is 1. The first kappa shape index (κ1) is 13.4. The lowest BCUT2D eigenvalue weighted by atomic mass is 10.1. The zero-order valence-electron chi connectivity index (χ0n) is 10.5. The summed E-state index contributed by atoms with van der Waals surface area (Å²) in [5.41, 5.74) is 8.15. The Balaban J connectivity index is 2.36. The SMILES string of the molecule is CCc1ccc(Oc2cc(Br)ccc2C#N)c(N)c1. The molecular weight excluding hydrogens is 304 g/mol. The van der Waals surface area contributed by atoms with E-state index in [0.29, 0.717) is 22.7 Å². The van der Waals surface area contributed by atoms with Crippen molar-refractivity contribution in [2.24, 2.45) is 0 Å². The monoisotopic (exact) mass is 316 g/mol. The number of benzene rings is 2. The van der Waals surface area contributed by atoms with Crippen molar-refractivity contribution in [1.82, 2.24) is 0 Å². The highest BCUT2D eigenvalue weighted by Crippen LogP contribution is 2.32. The maximum Gasteiger partial charge on any atom is 0.150 e. The fraction of sp³-hybridized carbons (Fsp3) is 0.133. The lowest BCUT2D eigenvalue weighted by molar-refractivity contribution is 0.483. The summed E-state index contributed by atoms with van der Waals surface area (Å²) in [6.07, 6.45) is 0.921. The molecule has 2 rings (SSSR count). The van der Waals surface area contributed by atoms with E-state index in [0.717, 1.165) is 16.5 Å². The van der Waals surface area contributed by atoms with Gasteiger partial charge in [0, 0.05) is 4.47 Å². The summed E-state index contributed by atoms with van der Waals surface area (Å²) in [7, 11) is 0. The van der Waals surface area contributed by atoms with Gasteiger partial charge in [-0.25, -0.2) is 0 Å². The molecule has 0 aliphatic carbocycles. The number of rotatable bonds is 3. The summed E-state index contributed by atoms with van der Waals surface area (Å²) in [5, 5.41) is 9.06. The Bertz CT molecular complexity index is 647. The molecule has 19 heavy (non-hydrogen) atoms. The van der Waals surface area contributed by atoms with Crippen molar-refractivity contribution >= 4 is 21.6 Å². The molecule has 2 aromatic rings. The van der Waals surface area contributed by atoms with Crippen LogP contribution in [0.3, 0.4) is 0 Å². The first-order valence-electron chi connectivity index (χ1n) is 5.90. The van der Waals surface area contributed by atoms with Crippen LogP contribution in [0.15, 0.2) is 40.9 Å². The molecule has 0 radical (unpaired) electrons. The predicted octanol–water partition coefficient (Wildman–Crippen LogP) is 4.26. The van der Waals surface area contributed by atoms with Crippen molar-refractivity contribution in [2.75, 3.05) is 5.73 Å². The number of aryl methyl sites for hydroxylation is 1. The lowest BCUT2D eigenvalue weighted by Crippen LogP contribution is -1.95. The van der Waals surface area contributed by atoms with Crippen molar-refractivity contribution in [1.29, 1.82) is 5.26 Å². The second-order valence-electron chi connectivity index (χ2n) is 4.08. The summed E-state index contributed by atoms with van der Waals surface area (Å²) < 4.78 is 6.59. The minimum Gasteiger partial charge on any atom is -0.454 e. The van der Waals surface area contributed by atoms with Crippen molar-refractivity contribution in [2.45, 2.75) is 13.3 Å². The molecule has 2 aromatic carbocycles. The highest BCUT2D eigenvalue weighted by atomic mass is 79.9. The van der Waals surface area contributed by atoms with E-state index < -0.39 is 0 Å². The van der Waals surface area contributed by atoms with E-state index in [1.807, 2.05) is 18.2 Å². The number of nitrogen functional groups attached to an aromatic ring is 1. The quantitative estimate of drug-likeness (QED) is 0.861. The molecule has 0 aromatic heterocycles.